The van der Waals surface area contributed by atoms with Gasteiger partial charge in [-0.05, 0) is 56.4 Å². The molecule has 1 aliphatic heterocycles. The van der Waals surface area contributed by atoms with Crippen LogP contribution in [0.25, 0.3) is 82.8 Å². The summed E-state index contributed by atoms with van der Waals surface area (Å²) in [5.74, 6) is 0. The van der Waals surface area contributed by atoms with Crippen molar-refractivity contribution in [3.63, 3.8) is 0 Å². The first kappa shape index (κ1) is 27.0. The van der Waals surface area contributed by atoms with Gasteiger partial charge < -0.3 is 9.32 Å². The van der Waals surface area contributed by atoms with Gasteiger partial charge in [0, 0.05) is 34.3 Å². The van der Waals surface area contributed by atoms with Gasteiger partial charge in [0.25, 0.3) is 0 Å². The molecule has 48 heavy (non-hydrogen) atoms. The van der Waals surface area contributed by atoms with Crippen LogP contribution in [0.1, 0.15) is 17.2 Å². The van der Waals surface area contributed by atoms with Gasteiger partial charge in [-0.25, -0.2) is 4.98 Å². The van der Waals surface area contributed by atoms with Crippen molar-refractivity contribution in [1.29, 1.82) is 0 Å². The number of anilines is 1. The monoisotopic (exact) mass is 614 g/mol. The van der Waals surface area contributed by atoms with E-state index in [0.717, 1.165) is 55.3 Å². The zero-order valence-electron chi connectivity index (χ0n) is 26.4. The maximum absolute atomic E-state index is 6.45. The summed E-state index contributed by atoms with van der Waals surface area (Å²) >= 11 is 0. The molecule has 0 saturated heterocycles. The second-order valence-corrected chi connectivity index (χ2v) is 12.8. The van der Waals surface area contributed by atoms with Crippen LogP contribution in [-0.4, -0.2) is 12.0 Å². The second-order valence-electron chi connectivity index (χ2n) is 12.8. The molecule has 3 heterocycles. The van der Waals surface area contributed by atoms with Crippen molar-refractivity contribution >= 4 is 66.1 Å². The van der Waals surface area contributed by atoms with Gasteiger partial charge in [-0.15, -0.1) is 0 Å². The SMILES string of the molecule is CN1c2c(ccc3ccc(-c4ccc(-c5cc6ccccc6c6ccccc56)cc4)nc23)C=CC1c1cccc2c1oc1ccccc12. The lowest BCUT2D eigenvalue weighted by molar-refractivity contribution is 0.655. The molecule has 1 unspecified atom stereocenters. The van der Waals surface area contributed by atoms with Gasteiger partial charge in [0.15, 0.2) is 0 Å². The lowest BCUT2D eigenvalue weighted by Crippen LogP contribution is -2.26. The molecule has 1 aliphatic rings. The number of hydrogen-bond donors (Lipinski definition) is 0. The largest absolute Gasteiger partial charge is 0.456 e. The highest BCUT2D eigenvalue weighted by Gasteiger charge is 2.26. The van der Waals surface area contributed by atoms with Crippen molar-refractivity contribution in [2.24, 2.45) is 0 Å². The van der Waals surface area contributed by atoms with E-state index in [9.17, 15) is 0 Å². The van der Waals surface area contributed by atoms with E-state index in [4.69, 9.17) is 9.40 Å². The molecule has 226 valence electrons. The van der Waals surface area contributed by atoms with Gasteiger partial charge >= 0.3 is 0 Å². The first-order valence-electron chi connectivity index (χ1n) is 16.5. The molecule has 9 aromatic rings. The third-order valence-corrected chi connectivity index (χ3v) is 10.1. The molecule has 0 bridgehead atoms. The minimum absolute atomic E-state index is 0.00822. The average molecular weight is 615 g/mol. The molecule has 0 radical (unpaired) electrons. The molecule has 0 amide bonds. The third kappa shape index (κ3) is 4.04. The van der Waals surface area contributed by atoms with Crippen LogP contribution in [0.2, 0.25) is 0 Å². The molecule has 0 fully saturated rings. The number of nitrogens with zero attached hydrogens (tertiary/aromatic N) is 2. The van der Waals surface area contributed by atoms with E-state index in [2.05, 4.69) is 158 Å². The Kier molecular flexibility index (Phi) is 5.85. The molecule has 0 saturated carbocycles. The Balaban J connectivity index is 1.05. The minimum Gasteiger partial charge on any atom is -0.456 e. The number of pyridine rings is 1. The fraction of sp³-hybridized carbons (Fsp3) is 0.0444. The number of fused-ring (bicyclic) bond motifs is 9. The Labute approximate surface area is 278 Å². The Bertz CT molecular complexity index is 2750. The fourth-order valence-corrected chi connectivity index (χ4v) is 7.75. The summed E-state index contributed by atoms with van der Waals surface area (Å²) < 4.78 is 6.45. The normalized spacial score (nSPS) is 14.4. The standard InChI is InChI=1S/C45H30N2O/c1-47-41(38-15-8-14-37-36-13-6-7-16-42(36)48-45(37)38)26-24-31-22-21-30-23-25-40(46-43(30)44(31)47)29-19-17-28(18-20-29)39-27-32-9-2-3-10-33(32)34-11-4-5-12-35(34)39/h2-27,41H,1H3. The van der Waals surface area contributed by atoms with Crippen molar-refractivity contribution in [2.45, 2.75) is 6.04 Å². The first-order valence-corrected chi connectivity index (χ1v) is 16.5. The molecule has 0 aliphatic carbocycles. The van der Waals surface area contributed by atoms with E-state index >= 15 is 0 Å². The number of likely N-dealkylation sites (N-methyl/N-ethyl adjacent to an activating group) is 1. The summed E-state index contributed by atoms with van der Waals surface area (Å²) in [7, 11) is 2.17. The number of furan rings is 1. The fourth-order valence-electron chi connectivity index (χ4n) is 7.75. The van der Waals surface area contributed by atoms with E-state index in [0.29, 0.717) is 0 Å². The zero-order valence-corrected chi connectivity index (χ0v) is 26.4. The van der Waals surface area contributed by atoms with Gasteiger partial charge in [-0.3, -0.25) is 0 Å². The van der Waals surface area contributed by atoms with Gasteiger partial charge in [0.1, 0.15) is 11.2 Å². The molecular formula is C45H30N2O. The number of benzene rings is 7. The number of rotatable bonds is 3. The zero-order chi connectivity index (χ0) is 31.8. The summed E-state index contributed by atoms with van der Waals surface area (Å²) in [6, 6.07) is 52.0. The van der Waals surface area contributed by atoms with Crippen molar-refractivity contribution in [1.82, 2.24) is 4.98 Å². The Hall–Kier alpha value is -6.19. The topological polar surface area (TPSA) is 29.3 Å². The molecule has 3 nitrogen and oxygen atoms in total. The number of para-hydroxylation sites is 2. The Morgan fingerprint density at radius 3 is 2.17 bits per heavy atom. The quantitative estimate of drug-likeness (QED) is 0.185. The summed E-state index contributed by atoms with van der Waals surface area (Å²) in [6.07, 6.45) is 4.51. The van der Waals surface area contributed by atoms with Crippen LogP contribution in [0.5, 0.6) is 0 Å². The van der Waals surface area contributed by atoms with Gasteiger partial charge in [0.05, 0.1) is 22.9 Å². The Morgan fingerprint density at radius 2 is 1.29 bits per heavy atom. The highest BCUT2D eigenvalue weighted by Crippen LogP contribution is 2.43. The van der Waals surface area contributed by atoms with Crippen LogP contribution in [0.15, 0.2) is 156 Å². The molecule has 0 spiro atoms. The lowest BCUT2D eigenvalue weighted by atomic mass is 9.92. The van der Waals surface area contributed by atoms with Crippen molar-refractivity contribution in [3.05, 3.63) is 163 Å². The van der Waals surface area contributed by atoms with Crippen molar-refractivity contribution < 1.29 is 4.42 Å². The van der Waals surface area contributed by atoms with E-state index in [1.165, 1.54) is 38.2 Å². The molecule has 0 N–H and O–H groups in total. The molecule has 7 aromatic carbocycles. The van der Waals surface area contributed by atoms with Crippen LogP contribution in [-0.2, 0) is 0 Å². The van der Waals surface area contributed by atoms with Crippen LogP contribution in [0.3, 0.4) is 0 Å². The van der Waals surface area contributed by atoms with Crippen LogP contribution in [0, 0.1) is 0 Å². The van der Waals surface area contributed by atoms with Gasteiger partial charge in [0.2, 0.25) is 0 Å². The summed E-state index contributed by atoms with van der Waals surface area (Å²) in [5.41, 5.74) is 10.8. The predicted octanol–water partition coefficient (Wildman–Crippen LogP) is 12.0. The van der Waals surface area contributed by atoms with E-state index in [-0.39, 0.29) is 6.04 Å². The highest BCUT2D eigenvalue weighted by molar-refractivity contribution is 6.14. The van der Waals surface area contributed by atoms with Crippen LogP contribution in [0.4, 0.5) is 5.69 Å². The van der Waals surface area contributed by atoms with Crippen LogP contribution >= 0.6 is 0 Å². The molecule has 10 rings (SSSR count). The molecular weight excluding hydrogens is 585 g/mol. The Morgan fingerprint density at radius 1 is 0.583 bits per heavy atom. The van der Waals surface area contributed by atoms with E-state index in [1.54, 1.807) is 0 Å². The maximum Gasteiger partial charge on any atom is 0.141 e. The second kappa shape index (κ2) is 10.4. The van der Waals surface area contributed by atoms with E-state index in [1.807, 2.05) is 12.1 Å². The van der Waals surface area contributed by atoms with Gasteiger partial charge in [-0.1, -0.05) is 140 Å². The first-order chi connectivity index (χ1) is 23.7. The van der Waals surface area contributed by atoms with Crippen LogP contribution < -0.4 is 4.90 Å². The van der Waals surface area contributed by atoms with E-state index < -0.39 is 0 Å². The lowest BCUT2D eigenvalue weighted by Gasteiger charge is -2.33. The maximum atomic E-state index is 6.45. The molecule has 1 atom stereocenters. The number of aromatic nitrogens is 1. The average Bonchev–Trinajstić information content (AvgIpc) is 3.54. The summed E-state index contributed by atoms with van der Waals surface area (Å²) in [5, 5.41) is 8.51. The predicted molar refractivity (Wildman–Crippen MR) is 202 cm³/mol. The minimum atomic E-state index is 0.00822. The van der Waals surface area contributed by atoms with Crippen molar-refractivity contribution in [3.8, 4) is 22.4 Å². The summed E-state index contributed by atoms with van der Waals surface area (Å²) in [6.45, 7) is 0. The number of hydrogen-bond acceptors (Lipinski definition) is 3. The highest BCUT2D eigenvalue weighted by atomic mass is 16.3. The molecule has 2 aromatic heterocycles. The van der Waals surface area contributed by atoms with Gasteiger partial charge in [-0.2, -0.15) is 0 Å². The molecule has 3 heteroatoms. The smallest absolute Gasteiger partial charge is 0.141 e. The van der Waals surface area contributed by atoms with Crippen molar-refractivity contribution in [2.75, 3.05) is 11.9 Å². The third-order valence-electron chi connectivity index (χ3n) is 10.1. The summed E-state index contributed by atoms with van der Waals surface area (Å²) in [4.78, 5) is 7.68.